The Hall–Kier alpha value is -1.04. The molecule has 106 valence electrons. The van der Waals surface area contributed by atoms with Crippen LogP contribution in [0.2, 0.25) is 0 Å². The van der Waals surface area contributed by atoms with Gasteiger partial charge in [0.05, 0.1) is 12.7 Å². The van der Waals surface area contributed by atoms with Crippen LogP contribution in [0.1, 0.15) is 25.0 Å². The summed E-state index contributed by atoms with van der Waals surface area (Å²) in [5, 5.41) is 0. The molecule has 3 nitrogen and oxygen atoms in total. The van der Waals surface area contributed by atoms with Gasteiger partial charge in [-0.2, -0.15) is 0 Å². The van der Waals surface area contributed by atoms with Gasteiger partial charge in [-0.25, -0.2) is 4.39 Å². The molecule has 19 heavy (non-hydrogen) atoms. The molecule has 0 heterocycles. The molecule has 0 bridgehead atoms. The Labute approximate surface area is 119 Å². The fraction of sp³-hybridized carbons (Fsp3) is 0.500. The lowest BCUT2D eigenvalue weighted by Crippen LogP contribution is -2.24. The molecule has 0 amide bonds. The normalized spacial score (nSPS) is 11.3. The first kappa shape index (κ1) is 16.0. The molecule has 1 rings (SSSR count). The number of ether oxygens (including phenoxy) is 1. The second-order valence-corrected chi connectivity index (χ2v) is 5.27. The molecular weight excluding hydrogens is 263 g/mol. The van der Waals surface area contributed by atoms with E-state index in [2.05, 4.69) is 0 Å². The number of thiocarbonyl (C=S) groups is 1. The maximum absolute atomic E-state index is 13.7. The summed E-state index contributed by atoms with van der Waals surface area (Å²) in [6.45, 7) is 5.86. The van der Waals surface area contributed by atoms with E-state index >= 15 is 0 Å². The van der Waals surface area contributed by atoms with Crippen molar-refractivity contribution in [2.45, 2.75) is 26.5 Å². The van der Waals surface area contributed by atoms with Crippen molar-refractivity contribution in [2.24, 2.45) is 5.73 Å². The first-order valence-electron chi connectivity index (χ1n) is 6.28. The fourth-order valence-electron chi connectivity index (χ4n) is 1.66. The van der Waals surface area contributed by atoms with E-state index in [1.807, 2.05) is 25.8 Å². The quantitative estimate of drug-likeness (QED) is 0.780. The highest BCUT2D eigenvalue weighted by molar-refractivity contribution is 7.80. The SMILES string of the molecule is CC(C)OCCN(C)Cc1cc(C(N)=S)ccc1F. The van der Waals surface area contributed by atoms with Gasteiger partial charge in [0, 0.05) is 24.2 Å². The highest BCUT2D eigenvalue weighted by atomic mass is 32.1. The molecule has 0 saturated heterocycles. The summed E-state index contributed by atoms with van der Waals surface area (Å²) in [5.41, 5.74) is 6.84. The molecular formula is C14H21FN2OS. The van der Waals surface area contributed by atoms with E-state index in [-0.39, 0.29) is 16.9 Å². The third-order valence-electron chi connectivity index (χ3n) is 2.69. The highest BCUT2D eigenvalue weighted by Crippen LogP contribution is 2.12. The van der Waals surface area contributed by atoms with Crippen LogP contribution in [0.15, 0.2) is 18.2 Å². The van der Waals surface area contributed by atoms with Crippen molar-refractivity contribution in [2.75, 3.05) is 20.2 Å². The van der Waals surface area contributed by atoms with E-state index < -0.39 is 0 Å². The van der Waals surface area contributed by atoms with Crippen LogP contribution in [0, 0.1) is 5.82 Å². The Balaban J connectivity index is 2.60. The summed E-state index contributed by atoms with van der Waals surface area (Å²) < 4.78 is 19.2. The van der Waals surface area contributed by atoms with Crippen LogP contribution in [0.5, 0.6) is 0 Å². The van der Waals surface area contributed by atoms with Gasteiger partial charge < -0.3 is 10.5 Å². The molecule has 0 aliphatic heterocycles. The molecule has 0 aliphatic rings. The van der Waals surface area contributed by atoms with Crippen molar-refractivity contribution >= 4 is 17.2 Å². The summed E-state index contributed by atoms with van der Waals surface area (Å²) in [5.74, 6) is -0.239. The number of benzene rings is 1. The second-order valence-electron chi connectivity index (χ2n) is 4.83. The van der Waals surface area contributed by atoms with Gasteiger partial charge in [-0.1, -0.05) is 12.2 Å². The monoisotopic (exact) mass is 284 g/mol. The van der Waals surface area contributed by atoms with Gasteiger partial charge in [-0.15, -0.1) is 0 Å². The van der Waals surface area contributed by atoms with Crippen LogP contribution in [0.25, 0.3) is 0 Å². The molecule has 0 unspecified atom stereocenters. The average Bonchev–Trinajstić information content (AvgIpc) is 2.31. The Morgan fingerprint density at radius 3 is 2.74 bits per heavy atom. The third kappa shape index (κ3) is 5.63. The van der Waals surface area contributed by atoms with Gasteiger partial charge >= 0.3 is 0 Å². The van der Waals surface area contributed by atoms with Crippen molar-refractivity contribution in [3.05, 3.63) is 35.1 Å². The lowest BCUT2D eigenvalue weighted by Gasteiger charge is -2.18. The molecule has 0 spiro atoms. The van der Waals surface area contributed by atoms with Gasteiger partial charge in [-0.05, 0) is 39.1 Å². The lowest BCUT2D eigenvalue weighted by atomic mass is 10.1. The molecule has 1 aromatic rings. The molecule has 0 aliphatic carbocycles. The van der Waals surface area contributed by atoms with E-state index in [0.717, 1.165) is 6.54 Å². The Kier molecular flexibility index (Phi) is 6.34. The van der Waals surface area contributed by atoms with Crippen LogP contribution in [0.3, 0.4) is 0 Å². The maximum atomic E-state index is 13.7. The van der Waals surface area contributed by atoms with E-state index in [0.29, 0.717) is 24.3 Å². The molecule has 5 heteroatoms. The Morgan fingerprint density at radius 1 is 1.47 bits per heavy atom. The number of nitrogens with zero attached hydrogens (tertiary/aromatic N) is 1. The zero-order valence-corrected chi connectivity index (χ0v) is 12.5. The molecule has 0 atom stereocenters. The number of rotatable bonds is 7. The van der Waals surface area contributed by atoms with Crippen molar-refractivity contribution in [3.8, 4) is 0 Å². The molecule has 0 saturated carbocycles. The van der Waals surface area contributed by atoms with Crippen molar-refractivity contribution in [1.82, 2.24) is 4.90 Å². The molecule has 1 aromatic carbocycles. The first-order chi connectivity index (χ1) is 8.90. The van der Waals surface area contributed by atoms with E-state index in [1.54, 1.807) is 12.1 Å². The second kappa shape index (κ2) is 7.53. The standard InChI is InChI=1S/C14H21FN2OS/c1-10(2)18-7-6-17(3)9-12-8-11(14(16)19)4-5-13(12)15/h4-5,8,10H,6-7,9H2,1-3H3,(H2,16,19). The molecule has 2 N–H and O–H groups in total. The van der Waals surface area contributed by atoms with Gasteiger partial charge in [0.1, 0.15) is 10.8 Å². The summed E-state index contributed by atoms with van der Waals surface area (Å²) >= 11 is 4.90. The van der Waals surface area contributed by atoms with Crippen LogP contribution >= 0.6 is 12.2 Å². The largest absolute Gasteiger partial charge is 0.389 e. The summed E-state index contributed by atoms with van der Waals surface area (Å²) in [6, 6.07) is 4.71. The Morgan fingerprint density at radius 2 is 2.16 bits per heavy atom. The predicted octanol–water partition coefficient (Wildman–Crippen LogP) is 2.32. The van der Waals surface area contributed by atoms with Crippen molar-refractivity contribution < 1.29 is 9.13 Å². The summed E-state index contributed by atoms with van der Waals surface area (Å²) in [6.07, 6.45) is 0.211. The Bertz CT molecular complexity index is 437. The topological polar surface area (TPSA) is 38.5 Å². The maximum Gasteiger partial charge on any atom is 0.127 e. The minimum Gasteiger partial charge on any atom is -0.389 e. The zero-order valence-electron chi connectivity index (χ0n) is 11.6. The average molecular weight is 284 g/mol. The van der Waals surface area contributed by atoms with Crippen molar-refractivity contribution in [3.63, 3.8) is 0 Å². The van der Waals surface area contributed by atoms with Crippen LogP contribution in [-0.4, -0.2) is 36.2 Å². The number of hydrogen-bond donors (Lipinski definition) is 1. The predicted molar refractivity (Wildman–Crippen MR) is 79.7 cm³/mol. The van der Waals surface area contributed by atoms with Gasteiger partial charge in [0.2, 0.25) is 0 Å². The van der Waals surface area contributed by atoms with Gasteiger partial charge in [0.25, 0.3) is 0 Å². The number of halogens is 1. The highest BCUT2D eigenvalue weighted by Gasteiger charge is 2.08. The van der Waals surface area contributed by atoms with Gasteiger partial charge in [-0.3, -0.25) is 4.90 Å². The smallest absolute Gasteiger partial charge is 0.127 e. The van der Waals surface area contributed by atoms with Crippen LogP contribution < -0.4 is 5.73 Å². The van der Waals surface area contributed by atoms with Crippen LogP contribution in [-0.2, 0) is 11.3 Å². The fourth-order valence-corrected chi connectivity index (χ4v) is 1.79. The summed E-state index contributed by atoms with van der Waals surface area (Å²) in [4.78, 5) is 2.29. The minimum atomic E-state index is -0.239. The zero-order chi connectivity index (χ0) is 14.4. The minimum absolute atomic E-state index is 0.211. The first-order valence-corrected chi connectivity index (χ1v) is 6.69. The van der Waals surface area contributed by atoms with Crippen molar-refractivity contribution in [1.29, 1.82) is 0 Å². The number of likely N-dealkylation sites (N-methyl/N-ethyl adjacent to an activating group) is 1. The lowest BCUT2D eigenvalue weighted by molar-refractivity contribution is 0.0625. The van der Waals surface area contributed by atoms with Crippen LogP contribution in [0.4, 0.5) is 4.39 Å². The molecule has 0 fully saturated rings. The number of hydrogen-bond acceptors (Lipinski definition) is 3. The number of nitrogens with two attached hydrogens (primary N) is 1. The molecule has 0 aromatic heterocycles. The molecule has 0 radical (unpaired) electrons. The van der Waals surface area contributed by atoms with E-state index in [4.69, 9.17) is 22.7 Å². The van der Waals surface area contributed by atoms with E-state index in [9.17, 15) is 4.39 Å². The van der Waals surface area contributed by atoms with E-state index in [1.165, 1.54) is 6.07 Å². The van der Waals surface area contributed by atoms with Gasteiger partial charge in [0.15, 0.2) is 0 Å². The third-order valence-corrected chi connectivity index (χ3v) is 2.93. The summed E-state index contributed by atoms with van der Waals surface area (Å²) in [7, 11) is 1.93.